The van der Waals surface area contributed by atoms with E-state index >= 15 is 0 Å². The number of nitrogens with one attached hydrogen (secondary N) is 1. The van der Waals surface area contributed by atoms with Gasteiger partial charge in [0.15, 0.2) is 17.5 Å². The fourth-order valence-corrected chi connectivity index (χ4v) is 1.82. The number of methoxy groups -OCH3 is 2. The highest BCUT2D eigenvalue weighted by molar-refractivity contribution is 5.78. The minimum absolute atomic E-state index is 0.544. The second kappa shape index (κ2) is 6.31. The van der Waals surface area contributed by atoms with Gasteiger partial charge in [0, 0.05) is 12.6 Å². The van der Waals surface area contributed by atoms with E-state index in [2.05, 4.69) is 10.3 Å². The van der Waals surface area contributed by atoms with Gasteiger partial charge in [-0.25, -0.2) is 0 Å². The molecule has 0 bridgehead atoms. The summed E-state index contributed by atoms with van der Waals surface area (Å²) in [7, 11) is 3.27. The van der Waals surface area contributed by atoms with E-state index in [9.17, 15) is 0 Å². The zero-order chi connectivity index (χ0) is 13.7. The molecule has 0 amide bonds. The van der Waals surface area contributed by atoms with Crippen LogP contribution < -0.4 is 20.5 Å². The summed E-state index contributed by atoms with van der Waals surface area (Å²) >= 11 is 0. The topological polar surface area (TPSA) is 68.9 Å². The van der Waals surface area contributed by atoms with Crippen molar-refractivity contribution >= 4 is 5.96 Å². The van der Waals surface area contributed by atoms with Crippen molar-refractivity contribution in [2.45, 2.75) is 25.3 Å². The lowest BCUT2D eigenvalue weighted by atomic mass is 10.1. The first kappa shape index (κ1) is 13.5. The Kier molecular flexibility index (Phi) is 4.49. The maximum atomic E-state index is 5.77. The molecule has 1 saturated carbocycles. The fourth-order valence-electron chi connectivity index (χ4n) is 1.82. The molecular weight excluding hydrogens is 242 g/mol. The number of ether oxygens (including phenoxy) is 2. The molecule has 19 heavy (non-hydrogen) atoms. The van der Waals surface area contributed by atoms with Crippen LogP contribution in [-0.2, 0) is 6.42 Å². The molecule has 5 nitrogen and oxygen atoms in total. The molecule has 0 atom stereocenters. The number of nitrogens with two attached hydrogens (primary N) is 1. The summed E-state index contributed by atoms with van der Waals surface area (Å²) in [6.45, 7) is 0.668. The molecule has 1 aromatic carbocycles. The number of hydrogen-bond acceptors (Lipinski definition) is 3. The van der Waals surface area contributed by atoms with Gasteiger partial charge in [0.05, 0.1) is 14.2 Å². The molecule has 0 saturated heterocycles. The van der Waals surface area contributed by atoms with Gasteiger partial charge in [0.2, 0.25) is 0 Å². The normalized spacial score (nSPS) is 15.2. The van der Waals surface area contributed by atoms with Gasteiger partial charge >= 0.3 is 0 Å². The van der Waals surface area contributed by atoms with Gasteiger partial charge in [-0.1, -0.05) is 6.07 Å². The second-order valence-corrected chi connectivity index (χ2v) is 4.62. The lowest BCUT2D eigenvalue weighted by Crippen LogP contribution is -2.33. The summed E-state index contributed by atoms with van der Waals surface area (Å²) in [6.07, 6.45) is 3.23. The van der Waals surface area contributed by atoms with E-state index in [1.54, 1.807) is 14.2 Å². The number of hydrogen-bond donors (Lipinski definition) is 2. The highest BCUT2D eigenvalue weighted by Crippen LogP contribution is 2.27. The van der Waals surface area contributed by atoms with Crippen molar-refractivity contribution in [3.8, 4) is 11.5 Å². The van der Waals surface area contributed by atoms with Crippen molar-refractivity contribution in [3.05, 3.63) is 23.8 Å². The zero-order valence-corrected chi connectivity index (χ0v) is 11.5. The summed E-state index contributed by atoms with van der Waals surface area (Å²) in [6, 6.07) is 6.44. The summed E-state index contributed by atoms with van der Waals surface area (Å²) in [5.41, 5.74) is 6.93. The summed E-state index contributed by atoms with van der Waals surface area (Å²) in [4.78, 5) is 4.31. The first-order chi connectivity index (χ1) is 9.22. The maximum Gasteiger partial charge on any atom is 0.188 e. The monoisotopic (exact) mass is 263 g/mol. The maximum absolute atomic E-state index is 5.77. The van der Waals surface area contributed by atoms with Crippen LogP contribution >= 0.6 is 0 Å². The SMILES string of the molecule is COc1ccc(CCN=C(N)NC2CC2)cc1OC. The minimum Gasteiger partial charge on any atom is -0.493 e. The van der Waals surface area contributed by atoms with Crippen molar-refractivity contribution in [3.63, 3.8) is 0 Å². The number of aliphatic imine (C=N–C) groups is 1. The number of nitrogens with zero attached hydrogens (tertiary/aromatic N) is 1. The van der Waals surface area contributed by atoms with Gasteiger partial charge in [-0.05, 0) is 37.0 Å². The van der Waals surface area contributed by atoms with Crippen LogP contribution in [0.5, 0.6) is 11.5 Å². The number of guanidine groups is 1. The van der Waals surface area contributed by atoms with Crippen LogP contribution in [0.2, 0.25) is 0 Å². The zero-order valence-electron chi connectivity index (χ0n) is 11.5. The largest absolute Gasteiger partial charge is 0.493 e. The molecule has 0 aromatic heterocycles. The predicted octanol–water partition coefficient (Wildman–Crippen LogP) is 1.31. The Balaban J connectivity index is 1.88. The Morgan fingerprint density at radius 3 is 2.68 bits per heavy atom. The lowest BCUT2D eigenvalue weighted by Gasteiger charge is -2.09. The molecule has 0 radical (unpaired) electrons. The molecule has 0 heterocycles. The highest BCUT2D eigenvalue weighted by Gasteiger charge is 2.21. The molecule has 0 unspecified atom stereocenters. The van der Waals surface area contributed by atoms with Gasteiger partial charge < -0.3 is 20.5 Å². The van der Waals surface area contributed by atoms with Gasteiger partial charge in [-0.3, -0.25) is 4.99 Å². The van der Waals surface area contributed by atoms with Crippen molar-refractivity contribution in [1.29, 1.82) is 0 Å². The highest BCUT2D eigenvalue weighted by atomic mass is 16.5. The van der Waals surface area contributed by atoms with Crippen molar-refractivity contribution in [2.24, 2.45) is 10.7 Å². The molecular formula is C14H21N3O2. The number of rotatable bonds is 6. The number of benzene rings is 1. The molecule has 1 aliphatic rings. The molecule has 5 heteroatoms. The lowest BCUT2D eigenvalue weighted by molar-refractivity contribution is 0.354. The standard InChI is InChI=1S/C14H21N3O2/c1-18-12-6-3-10(9-13(12)19-2)7-8-16-14(15)17-11-4-5-11/h3,6,9,11H,4-5,7-8H2,1-2H3,(H3,15,16,17). The first-order valence-corrected chi connectivity index (χ1v) is 6.50. The predicted molar refractivity (Wildman–Crippen MR) is 75.9 cm³/mol. The van der Waals surface area contributed by atoms with Gasteiger partial charge in [0.1, 0.15) is 0 Å². The van der Waals surface area contributed by atoms with Crippen LogP contribution in [0.3, 0.4) is 0 Å². The van der Waals surface area contributed by atoms with Crippen LogP contribution in [0, 0.1) is 0 Å². The van der Waals surface area contributed by atoms with Gasteiger partial charge in [-0.2, -0.15) is 0 Å². The molecule has 2 rings (SSSR count). The van der Waals surface area contributed by atoms with E-state index in [0.717, 1.165) is 23.5 Å². The first-order valence-electron chi connectivity index (χ1n) is 6.50. The third-order valence-corrected chi connectivity index (χ3v) is 3.06. The van der Waals surface area contributed by atoms with E-state index in [-0.39, 0.29) is 0 Å². The Morgan fingerprint density at radius 2 is 2.05 bits per heavy atom. The van der Waals surface area contributed by atoms with E-state index in [1.807, 2.05) is 18.2 Å². The third kappa shape index (κ3) is 4.05. The Labute approximate surface area is 113 Å². The van der Waals surface area contributed by atoms with Crippen molar-refractivity contribution < 1.29 is 9.47 Å². The molecule has 3 N–H and O–H groups in total. The van der Waals surface area contributed by atoms with E-state index in [4.69, 9.17) is 15.2 Å². The van der Waals surface area contributed by atoms with E-state index in [1.165, 1.54) is 12.8 Å². The summed E-state index contributed by atoms with van der Waals surface area (Å²) < 4.78 is 10.5. The van der Waals surface area contributed by atoms with Crippen molar-refractivity contribution in [2.75, 3.05) is 20.8 Å². The Bertz CT molecular complexity index is 456. The van der Waals surface area contributed by atoms with E-state index in [0.29, 0.717) is 18.5 Å². The summed E-state index contributed by atoms with van der Waals surface area (Å²) in [5, 5.41) is 3.16. The second-order valence-electron chi connectivity index (χ2n) is 4.62. The van der Waals surface area contributed by atoms with Crippen LogP contribution in [0.15, 0.2) is 23.2 Å². The van der Waals surface area contributed by atoms with Crippen LogP contribution in [-0.4, -0.2) is 32.8 Å². The molecule has 104 valence electrons. The Hall–Kier alpha value is -1.91. The average Bonchev–Trinajstić information content (AvgIpc) is 3.22. The minimum atomic E-state index is 0.544. The third-order valence-electron chi connectivity index (χ3n) is 3.06. The fraction of sp³-hybridized carbons (Fsp3) is 0.500. The average molecular weight is 263 g/mol. The molecule has 1 aliphatic carbocycles. The molecule has 1 fully saturated rings. The van der Waals surface area contributed by atoms with E-state index < -0.39 is 0 Å². The molecule has 0 aliphatic heterocycles. The van der Waals surface area contributed by atoms with Crippen LogP contribution in [0.25, 0.3) is 0 Å². The summed E-state index contributed by atoms with van der Waals surface area (Å²) in [5.74, 6) is 2.03. The molecule has 1 aromatic rings. The quantitative estimate of drug-likeness (QED) is 0.600. The Morgan fingerprint density at radius 1 is 1.32 bits per heavy atom. The van der Waals surface area contributed by atoms with Crippen LogP contribution in [0.1, 0.15) is 18.4 Å². The van der Waals surface area contributed by atoms with Crippen molar-refractivity contribution in [1.82, 2.24) is 5.32 Å². The molecule has 0 spiro atoms. The smallest absolute Gasteiger partial charge is 0.188 e. The van der Waals surface area contributed by atoms with Gasteiger partial charge in [0.25, 0.3) is 0 Å². The van der Waals surface area contributed by atoms with Crippen LogP contribution in [0.4, 0.5) is 0 Å². The van der Waals surface area contributed by atoms with Gasteiger partial charge in [-0.15, -0.1) is 0 Å².